The topological polar surface area (TPSA) is 69.6 Å². The summed E-state index contributed by atoms with van der Waals surface area (Å²) in [5, 5.41) is 12.1. The minimum Gasteiger partial charge on any atom is -0.481 e. The number of carbonyl (C=O) groups is 2. The Labute approximate surface area is 120 Å². The van der Waals surface area contributed by atoms with E-state index in [0.29, 0.717) is 18.8 Å². The first-order valence-electron chi connectivity index (χ1n) is 7.89. The normalized spacial score (nSPS) is 24.6. The van der Waals surface area contributed by atoms with Gasteiger partial charge >= 0.3 is 5.97 Å². The van der Waals surface area contributed by atoms with Gasteiger partial charge in [0.2, 0.25) is 5.91 Å². The zero-order chi connectivity index (χ0) is 14.4. The van der Waals surface area contributed by atoms with Crippen LogP contribution in [0.2, 0.25) is 0 Å². The van der Waals surface area contributed by atoms with Crippen molar-refractivity contribution in [3.8, 4) is 0 Å². The van der Waals surface area contributed by atoms with Gasteiger partial charge in [0.05, 0.1) is 0 Å². The molecule has 0 saturated carbocycles. The Hall–Kier alpha value is -1.10. The van der Waals surface area contributed by atoms with Crippen molar-refractivity contribution in [2.45, 2.75) is 57.4 Å². The first-order valence-corrected chi connectivity index (χ1v) is 7.89. The fraction of sp³-hybridized carbons (Fsp3) is 0.867. The highest BCUT2D eigenvalue weighted by molar-refractivity contribution is 5.77. The second kappa shape index (κ2) is 7.62. The number of likely N-dealkylation sites (tertiary alicyclic amines) is 1. The Bertz CT molecular complexity index is 340. The highest BCUT2D eigenvalue weighted by Crippen LogP contribution is 2.24. The molecule has 5 nitrogen and oxygen atoms in total. The zero-order valence-electron chi connectivity index (χ0n) is 12.1. The molecule has 1 amide bonds. The third kappa shape index (κ3) is 4.47. The first-order chi connectivity index (χ1) is 9.66. The Morgan fingerprint density at radius 2 is 1.90 bits per heavy atom. The highest BCUT2D eigenvalue weighted by atomic mass is 16.4. The summed E-state index contributed by atoms with van der Waals surface area (Å²) in [5.41, 5.74) is 0. The molecule has 0 aromatic rings. The van der Waals surface area contributed by atoms with Gasteiger partial charge in [-0.2, -0.15) is 0 Å². The van der Waals surface area contributed by atoms with E-state index in [-0.39, 0.29) is 18.4 Å². The van der Waals surface area contributed by atoms with E-state index >= 15 is 0 Å². The molecule has 2 N–H and O–H groups in total. The molecule has 0 radical (unpaired) electrons. The summed E-state index contributed by atoms with van der Waals surface area (Å²) in [7, 11) is 0. The molecule has 0 aliphatic carbocycles. The predicted molar refractivity (Wildman–Crippen MR) is 76.4 cm³/mol. The van der Waals surface area contributed by atoms with Crippen molar-refractivity contribution in [2.24, 2.45) is 5.92 Å². The summed E-state index contributed by atoms with van der Waals surface area (Å²) in [5.74, 6) is -0.0147. The van der Waals surface area contributed by atoms with Gasteiger partial charge in [-0.05, 0) is 57.5 Å². The number of nitrogens with zero attached hydrogens (tertiary/aromatic N) is 1. The molecule has 2 rings (SSSR count). The van der Waals surface area contributed by atoms with Crippen LogP contribution in [0.25, 0.3) is 0 Å². The van der Waals surface area contributed by atoms with Gasteiger partial charge in [-0.15, -0.1) is 0 Å². The van der Waals surface area contributed by atoms with Crippen molar-refractivity contribution in [1.29, 1.82) is 0 Å². The van der Waals surface area contributed by atoms with Crippen molar-refractivity contribution in [2.75, 3.05) is 19.6 Å². The van der Waals surface area contributed by atoms with Crippen LogP contribution in [-0.4, -0.2) is 47.6 Å². The average molecular weight is 282 g/mol. The van der Waals surface area contributed by atoms with Crippen molar-refractivity contribution in [1.82, 2.24) is 10.2 Å². The second-order valence-corrected chi connectivity index (χ2v) is 6.07. The largest absolute Gasteiger partial charge is 0.481 e. The number of amides is 1. The van der Waals surface area contributed by atoms with Crippen LogP contribution in [0, 0.1) is 5.92 Å². The van der Waals surface area contributed by atoms with E-state index in [2.05, 4.69) is 5.32 Å². The number of carbonyl (C=O) groups excluding carboxylic acids is 1. The lowest BCUT2D eigenvalue weighted by atomic mass is 9.92. The highest BCUT2D eigenvalue weighted by Gasteiger charge is 2.28. The van der Waals surface area contributed by atoms with Crippen LogP contribution in [0.15, 0.2) is 0 Å². The van der Waals surface area contributed by atoms with Crippen molar-refractivity contribution in [3.63, 3.8) is 0 Å². The molecule has 20 heavy (non-hydrogen) atoms. The molecule has 0 spiro atoms. The molecule has 5 heteroatoms. The van der Waals surface area contributed by atoms with E-state index < -0.39 is 5.97 Å². The summed E-state index contributed by atoms with van der Waals surface area (Å²) >= 11 is 0. The standard InChI is InChI=1S/C15H26N2O3/c18-14(11-12-6-8-16-9-7-12)17-10-2-1-3-13(17)4-5-15(19)20/h12-13,16H,1-11H2,(H,19,20). The second-order valence-electron chi connectivity index (χ2n) is 6.07. The van der Waals surface area contributed by atoms with Gasteiger partial charge in [-0.25, -0.2) is 0 Å². The van der Waals surface area contributed by atoms with E-state index in [1.54, 1.807) is 0 Å². The summed E-state index contributed by atoms with van der Waals surface area (Å²) < 4.78 is 0. The lowest BCUT2D eigenvalue weighted by molar-refractivity contribution is -0.140. The van der Waals surface area contributed by atoms with E-state index in [1.807, 2.05) is 4.90 Å². The molecule has 1 unspecified atom stereocenters. The van der Waals surface area contributed by atoms with E-state index in [0.717, 1.165) is 51.7 Å². The molecule has 2 saturated heterocycles. The van der Waals surface area contributed by atoms with Gasteiger partial charge in [-0.3, -0.25) is 9.59 Å². The van der Waals surface area contributed by atoms with E-state index in [9.17, 15) is 9.59 Å². The maximum atomic E-state index is 12.5. The average Bonchev–Trinajstić information content (AvgIpc) is 2.46. The van der Waals surface area contributed by atoms with Crippen LogP contribution in [0.4, 0.5) is 0 Å². The number of carboxylic acids is 1. The maximum absolute atomic E-state index is 12.5. The number of piperidine rings is 2. The molecule has 0 aromatic heterocycles. The minimum atomic E-state index is -0.763. The quantitative estimate of drug-likeness (QED) is 0.804. The van der Waals surface area contributed by atoms with Crippen molar-refractivity contribution >= 4 is 11.9 Å². The number of hydrogen-bond donors (Lipinski definition) is 2. The number of rotatable bonds is 5. The number of carboxylic acid groups (broad SMARTS) is 1. The SMILES string of the molecule is O=C(O)CCC1CCCCN1C(=O)CC1CCNCC1. The van der Waals surface area contributed by atoms with Gasteiger partial charge in [-0.1, -0.05) is 0 Å². The Morgan fingerprint density at radius 3 is 2.60 bits per heavy atom. The molecule has 2 fully saturated rings. The van der Waals surface area contributed by atoms with Crippen LogP contribution < -0.4 is 5.32 Å². The molecule has 2 heterocycles. The van der Waals surface area contributed by atoms with Crippen LogP contribution in [0.5, 0.6) is 0 Å². The molecule has 1 atom stereocenters. The Kier molecular flexibility index (Phi) is 5.83. The van der Waals surface area contributed by atoms with Gasteiger partial charge in [0.1, 0.15) is 0 Å². The van der Waals surface area contributed by atoms with Crippen LogP contribution >= 0.6 is 0 Å². The predicted octanol–water partition coefficient (Wildman–Crippen LogP) is 1.62. The summed E-state index contributed by atoms with van der Waals surface area (Å²) in [6.07, 6.45) is 6.72. The minimum absolute atomic E-state index is 0.147. The van der Waals surface area contributed by atoms with Gasteiger partial charge in [0.25, 0.3) is 0 Å². The summed E-state index contributed by atoms with van der Waals surface area (Å²) in [6.45, 7) is 2.84. The lowest BCUT2D eigenvalue weighted by Gasteiger charge is -2.37. The lowest BCUT2D eigenvalue weighted by Crippen LogP contribution is -2.45. The summed E-state index contributed by atoms with van der Waals surface area (Å²) in [4.78, 5) is 25.2. The van der Waals surface area contributed by atoms with Crippen LogP contribution in [0.3, 0.4) is 0 Å². The van der Waals surface area contributed by atoms with Crippen LogP contribution in [0.1, 0.15) is 51.4 Å². The number of hydrogen-bond acceptors (Lipinski definition) is 3. The van der Waals surface area contributed by atoms with Crippen molar-refractivity contribution < 1.29 is 14.7 Å². The van der Waals surface area contributed by atoms with Gasteiger partial charge in [0.15, 0.2) is 0 Å². The first kappa shape index (κ1) is 15.3. The third-order valence-corrected chi connectivity index (χ3v) is 4.56. The third-order valence-electron chi connectivity index (χ3n) is 4.56. The molecular formula is C15H26N2O3. The fourth-order valence-electron chi connectivity index (χ4n) is 3.37. The molecule has 0 bridgehead atoms. The smallest absolute Gasteiger partial charge is 0.303 e. The summed E-state index contributed by atoms with van der Waals surface area (Å²) in [6, 6.07) is 0.147. The molecule has 2 aliphatic rings. The molecular weight excluding hydrogens is 256 g/mol. The molecule has 0 aromatic carbocycles. The Morgan fingerprint density at radius 1 is 1.15 bits per heavy atom. The fourth-order valence-corrected chi connectivity index (χ4v) is 3.37. The zero-order valence-corrected chi connectivity index (χ0v) is 12.1. The number of aliphatic carboxylic acids is 1. The van der Waals surface area contributed by atoms with E-state index in [1.165, 1.54) is 0 Å². The van der Waals surface area contributed by atoms with Gasteiger partial charge in [0, 0.05) is 25.4 Å². The molecule has 2 aliphatic heterocycles. The molecule has 114 valence electrons. The van der Waals surface area contributed by atoms with Crippen LogP contribution in [-0.2, 0) is 9.59 Å². The number of nitrogens with one attached hydrogen (secondary N) is 1. The maximum Gasteiger partial charge on any atom is 0.303 e. The van der Waals surface area contributed by atoms with E-state index in [4.69, 9.17) is 5.11 Å². The van der Waals surface area contributed by atoms with Gasteiger partial charge < -0.3 is 15.3 Å². The monoisotopic (exact) mass is 282 g/mol. The Balaban J connectivity index is 1.85. The van der Waals surface area contributed by atoms with Crippen molar-refractivity contribution in [3.05, 3.63) is 0 Å².